The maximum atomic E-state index is 13.5. The predicted molar refractivity (Wildman–Crippen MR) is 112 cm³/mol. The molecule has 0 N–H and O–H groups in total. The number of nitrogens with zero attached hydrogens (tertiary/aromatic N) is 1. The van der Waals surface area contributed by atoms with Crippen molar-refractivity contribution in [3.8, 4) is 16.8 Å². The van der Waals surface area contributed by atoms with Gasteiger partial charge in [0.25, 0.3) is 5.56 Å². The molecule has 0 saturated heterocycles. The van der Waals surface area contributed by atoms with Gasteiger partial charge in [0, 0.05) is 22.5 Å². The zero-order valence-corrected chi connectivity index (χ0v) is 15.5. The molecule has 0 bridgehead atoms. The first-order valence-corrected chi connectivity index (χ1v) is 9.14. The molecular formula is C25H19NO2. The summed E-state index contributed by atoms with van der Waals surface area (Å²) in [6.07, 6.45) is 0. The minimum atomic E-state index is -0.307. The van der Waals surface area contributed by atoms with E-state index in [4.69, 9.17) is 0 Å². The van der Waals surface area contributed by atoms with E-state index >= 15 is 0 Å². The van der Waals surface area contributed by atoms with Crippen LogP contribution in [0.5, 0.6) is 0 Å². The number of para-hydroxylation sites is 1. The van der Waals surface area contributed by atoms with Crippen molar-refractivity contribution in [2.24, 2.45) is 0 Å². The third-order valence-electron chi connectivity index (χ3n) is 4.75. The first kappa shape index (κ1) is 17.7. The Hall–Kier alpha value is -3.72. The molecule has 3 heteroatoms. The van der Waals surface area contributed by atoms with E-state index in [1.54, 1.807) is 28.8 Å². The van der Waals surface area contributed by atoms with Crippen LogP contribution in [-0.2, 0) is 0 Å². The highest BCUT2D eigenvalue weighted by atomic mass is 16.1. The van der Waals surface area contributed by atoms with Gasteiger partial charge in [0.05, 0.1) is 5.56 Å². The predicted octanol–water partition coefficient (Wildman–Crippen LogP) is 5.04. The number of hydrogen-bond acceptors (Lipinski definition) is 2. The molecule has 0 fully saturated rings. The van der Waals surface area contributed by atoms with E-state index < -0.39 is 0 Å². The minimum absolute atomic E-state index is 0.187. The van der Waals surface area contributed by atoms with Crippen LogP contribution in [0.3, 0.4) is 0 Å². The van der Waals surface area contributed by atoms with Gasteiger partial charge in [0.2, 0.25) is 0 Å². The molecule has 0 aliphatic heterocycles. The molecule has 4 rings (SSSR count). The smallest absolute Gasteiger partial charge is 0.267 e. The van der Waals surface area contributed by atoms with Crippen molar-refractivity contribution in [3.05, 3.63) is 124 Å². The second kappa shape index (κ2) is 7.49. The van der Waals surface area contributed by atoms with Crippen molar-refractivity contribution in [2.45, 2.75) is 6.92 Å². The van der Waals surface area contributed by atoms with Gasteiger partial charge >= 0.3 is 0 Å². The largest absolute Gasteiger partial charge is 0.288 e. The molecular weight excluding hydrogens is 346 g/mol. The number of hydrogen-bond donors (Lipinski definition) is 0. The number of pyridine rings is 1. The highest BCUT2D eigenvalue weighted by Gasteiger charge is 2.22. The van der Waals surface area contributed by atoms with Crippen LogP contribution in [-0.4, -0.2) is 10.4 Å². The Morgan fingerprint density at radius 3 is 1.89 bits per heavy atom. The number of carbonyl (C=O) groups is 1. The Morgan fingerprint density at radius 2 is 1.29 bits per heavy atom. The van der Waals surface area contributed by atoms with Crippen molar-refractivity contribution >= 4 is 5.78 Å². The molecule has 0 aliphatic rings. The molecule has 0 amide bonds. The Balaban J connectivity index is 2.03. The highest BCUT2D eigenvalue weighted by Crippen LogP contribution is 2.26. The lowest BCUT2D eigenvalue weighted by molar-refractivity contribution is 0.103. The summed E-state index contributed by atoms with van der Waals surface area (Å²) < 4.78 is 1.60. The van der Waals surface area contributed by atoms with Gasteiger partial charge in [-0.15, -0.1) is 0 Å². The summed E-state index contributed by atoms with van der Waals surface area (Å²) in [6.45, 7) is 1.89. The molecule has 0 spiro atoms. The van der Waals surface area contributed by atoms with Gasteiger partial charge in [-0.3, -0.25) is 14.2 Å². The summed E-state index contributed by atoms with van der Waals surface area (Å²) in [5.41, 5.74) is 3.41. The fourth-order valence-corrected chi connectivity index (χ4v) is 3.43. The number of aryl methyl sites for hydroxylation is 1. The molecule has 0 saturated carbocycles. The van der Waals surface area contributed by atoms with Crippen LogP contribution in [0.2, 0.25) is 0 Å². The fraction of sp³-hybridized carbons (Fsp3) is 0.0400. The van der Waals surface area contributed by atoms with Crippen molar-refractivity contribution in [1.82, 2.24) is 4.57 Å². The molecule has 0 radical (unpaired) electrons. The topological polar surface area (TPSA) is 39.1 Å². The van der Waals surface area contributed by atoms with Gasteiger partial charge in [0.1, 0.15) is 0 Å². The summed E-state index contributed by atoms with van der Waals surface area (Å²) in [7, 11) is 0. The minimum Gasteiger partial charge on any atom is -0.288 e. The maximum absolute atomic E-state index is 13.5. The molecule has 1 heterocycles. The Labute approximate surface area is 163 Å². The number of ketones is 1. The molecule has 1 aromatic heterocycles. The van der Waals surface area contributed by atoms with Gasteiger partial charge < -0.3 is 0 Å². The summed E-state index contributed by atoms with van der Waals surface area (Å²) in [6, 6.07) is 29.8. The van der Waals surface area contributed by atoms with Crippen LogP contribution >= 0.6 is 0 Å². The molecule has 28 heavy (non-hydrogen) atoms. The number of rotatable bonds is 4. The normalized spacial score (nSPS) is 10.6. The Morgan fingerprint density at radius 1 is 0.750 bits per heavy atom. The zero-order valence-electron chi connectivity index (χ0n) is 15.5. The van der Waals surface area contributed by atoms with Crippen LogP contribution in [0.1, 0.15) is 21.6 Å². The summed E-state index contributed by atoms with van der Waals surface area (Å²) in [4.78, 5) is 26.9. The van der Waals surface area contributed by atoms with E-state index in [1.807, 2.05) is 79.7 Å². The van der Waals surface area contributed by atoms with Crippen molar-refractivity contribution in [3.63, 3.8) is 0 Å². The Kier molecular flexibility index (Phi) is 4.73. The maximum Gasteiger partial charge on any atom is 0.267 e. The number of aromatic nitrogens is 1. The summed E-state index contributed by atoms with van der Waals surface area (Å²) in [5, 5.41) is 0. The van der Waals surface area contributed by atoms with Crippen molar-refractivity contribution in [2.75, 3.05) is 0 Å². The Bertz CT molecular complexity index is 1180. The third kappa shape index (κ3) is 3.19. The quantitative estimate of drug-likeness (QED) is 0.475. The van der Waals surface area contributed by atoms with E-state index in [-0.39, 0.29) is 16.9 Å². The molecule has 0 atom stereocenters. The van der Waals surface area contributed by atoms with Gasteiger partial charge in [-0.2, -0.15) is 0 Å². The van der Waals surface area contributed by atoms with Crippen LogP contribution in [0.25, 0.3) is 16.8 Å². The number of carbonyl (C=O) groups excluding carboxylic acids is 1. The average molecular weight is 365 g/mol. The lowest BCUT2D eigenvalue weighted by Gasteiger charge is -2.16. The summed E-state index contributed by atoms with van der Waals surface area (Å²) in [5.74, 6) is -0.269. The molecule has 136 valence electrons. The van der Waals surface area contributed by atoms with E-state index in [1.165, 1.54) is 0 Å². The van der Waals surface area contributed by atoms with E-state index in [0.29, 0.717) is 11.1 Å². The van der Waals surface area contributed by atoms with E-state index in [9.17, 15) is 9.59 Å². The molecule has 3 nitrogen and oxygen atoms in total. The standard InChI is InChI=1S/C25H19NO2/c1-18-17-22(19-11-5-2-6-12-19)23(24(27)20-13-7-3-8-14-20)25(28)26(18)21-15-9-4-10-16-21/h2-17H,1H3. The average Bonchev–Trinajstić information content (AvgIpc) is 2.75. The zero-order chi connectivity index (χ0) is 19.5. The van der Waals surface area contributed by atoms with Crippen LogP contribution in [0.15, 0.2) is 102 Å². The van der Waals surface area contributed by atoms with Crippen molar-refractivity contribution in [1.29, 1.82) is 0 Å². The third-order valence-corrected chi connectivity index (χ3v) is 4.75. The van der Waals surface area contributed by atoms with Gasteiger partial charge in [-0.05, 0) is 30.7 Å². The van der Waals surface area contributed by atoms with Crippen LogP contribution in [0.4, 0.5) is 0 Å². The SMILES string of the molecule is Cc1cc(-c2ccccc2)c(C(=O)c2ccccc2)c(=O)n1-c1ccccc1. The summed E-state index contributed by atoms with van der Waals surface area (Å²) >= 11 is 0. The van der Waals surface area contributed by atoms with Crippen LogP contribution < -0.4 is 5.56 Å². The second-order valence-electron chi connectivity index (χ2n) is 6.61. The monoisotopic (exact) mass is 365 g/mol. The molecule has 3 aromatic carbocycles. The fourth-order valence-electron chi connectivity index (χ4n) is 3.43. The van der Waals surface area contributed by atoms with Gasteiger partial charge in [-0.1, -0.05) is 78.9 Å². The molecule has 4 aromatic rings. The lowest BCUT2D eigenvalue weighted by atomic mass is 9.94. The van der Waals surface area contributed by atoms with E-state index in [2.05, 4.69) is 0 Å². The van der Waals surface area contributed by atoms with Crippen LogP contribution in [0, 0.1) is 6.92 Å². The molecule has 0 aliphatic carbocycles. The number of benzene rings is 3. The first-order valence-electron chi connectivity index (χ1n) is 9.14. The van der Waals surface area contributed by atoms with E-state index in [0.717, 1.165) is 16.9 Å². The van der Waals surface area contributed by atoms with Crippen molar-refractivity contribution < 1.29 is 4.79 Å². The second-order valence-corrected chi connectivity index (χ2v) is 6.61. The van der Waals surface area contributed by atoms with Gasteiger partial charge in [0.15, 0.2) is 5.78 Å². The van der Waals surface area contributed by atoms with Gasteiger partial charge in [-0.25, -0.2) is 0 Å². The first-order chi connectivity index (χ1) is 13.7. The lowest BCUT2D eigenvalue weighted by Crippen LogP contribution is -2.28. The molecule has 0 unspecified atom stereocenters. The highest BCUT2D eigenvalue weighted by molar-refractivity contribution is 6.12.